The zero-order valence-electron chi connectivity index (χ0n) is 12.7. The Labute approximate surface area is 117 Å². The molecule has 1 heterocycles. The number of aliphatic hydroxyl groups excluding tert-OH is 1. The van der Waals surface area contributed by atoms with Gasteiger partial charge in [-0.25, -0.2) is 0 Å². The molecule has 1 saturated heterocycles. The fraction of sp³-hybridized carbons (Fsp3) is 0.643. The molecule has 0 unspecified atom stereocenters. The molecule has 0 aromatic carbocycles. The number of hydrogen-bond donors (Lipinski definition) is 4. The summed E-state index contributed by atoms with van der Waals surface area (Å²) < 4.78 is 0. The molecule has 1 fully saturated rings. The molecule has 0 spiro atoms. The van der Waals surface area contributed by atoms with Crippen molar-refractivity contribution in [2.45, 2.75) is 33.6 Å². The van der Waals surface area contributed by atoms with Crippen LogP contribution in [0.25, 0.3) is 0 Å². The Morgan fingerprint density at radius 3 is 2.11 bits per heavy atom. The summed E-state index contributed by atoms with van der Waals surface area (Å²) in [4.78, 5) is 2.03. The Balaban J connectivity index is 0. The fourth-order valence-corrected chi connectivity index (χ4v) is 1.57. The Bertz CT molecular complexity index is 279. The smallest absolute Gasteiger partial charge is 0.120 e. The van der Waals surface area contributed by atoms with E-state index >= 15 is 0 Å². The number of nitrogens with two attached hydrogens (primary N) is 2. The standard InChI is InChI=1S/C11H19N3O.C2H6.CH5N/c1-9-4-6-14(7-5-9)11(13)3-2-10(12)8-15;2*1-2/h2-3,8-9,13,15H,4-7,12H2,1H3;1-2H3;2H2,1H3/b3-2-,10-8+,13-11?;;. The first kappa shape index (κ1) is 19.8. The number of rotatable bonds is 2. The Morgan fingerprint density at radius 1 is 1.21 bits per heavy atom. The van der Waals surface area contributed by atoms with Crippen molar-refractivity contribution < 1.29 is 5.11 Å². The zero-order chi connectivity index (χ0) is 15.3. The van der Waals surface area contributed by atoms with Crippen molar-refractivity contribution in [3.63, 3.8) is 0 Å². The molecule has 5 nitrogen and oxygen atoms in total. The third-order valence-corrected chi connectivity index (χ3v) is 2.71. The first-order valence-electron chi connectivity index (χ1n) is 6.82. The number of hydrogen-bond acceptors (Lipinski definition) is 4. The summed E-state index contributed by atoms with van der Waals surface area (Å²) in [5.74, 6) is 1.23. The minimum Gasteiger partial charge on any atom is -0.513 e. The van der Waals surface area contributed by atoms with Gasteiger partial charge in [0, 0.05) is 13.1 Å². The van der Waals surface area contributed by atoms with Crippen LogP contribution in [0.15, 0.2) is 24.1 Å². The van der Waals surface area contributed by atoms with E-state index in [9.17, 15) is 0 Å². The van der Waals surface area contributed by atoms with E-state index in [1.165, 1.54) is 7.05 Å². The highest BCUT2D eigenvalue weighted by Crippen LogP contribution is 2.16. The lowest BCUT2D eigenvalue weighted by molar-refractivity contribution is 0.280. The fourth-order valence-electron chi connectivity index (χ4n) is 1.57. The minimum atomic E-state index is 0.269. The number of amidine groups is 1. The maximum Gasteiger partial charge on any atom is 0.120 e. The van der Waals surface area contributed by atoms with Gasteiger partial charge in [0.2, 0.25) is 0 Å². The molecule has 0 aromatic rings. The van der Waals surface area contributed by atoms with Crippen molar-refractivity contribution in [1.29, 1.82) is 5.41 Å². The van der Waals surface area contributed by atoms with Crippen molar-refractivity contribution in [2.75, 3.05) is 20.1 Å². The summed E-state index contributed by atoms with van der Waals surface area (Å²) in [6.07, 6.45) is 6.28. The Kier molecular flexibility index (Phi) is 13.5. The van der Waals surface area contributed by atoms with E-state index in [2.05, 4.69) is 12.7 Å². The molecular weight excluding hydrogens is 240 g/mol. The van der Waals surface area contributed by atoms with E-state index in [-0.39, 0.29) is 5.70 Å². The average molecular weight is 270 g/mol. The van der Waals surface area contributed by atoms with Gasteiger partial charge >= 0.3 is 0 Å². The van der Waals surface area contributed by atoms with E-state index in [0.29, 0.717) is 5.84 Å². The van der Waals surface area contributed by atoms with Crippen LogP contribution < -0.4 is 11.5 Å². The highest BCUT2D eigenvalue weighted by molar-refractivity contribution is 5.90. The van der Waals surface area contributed by atoms with Crippen LogP contribution in [-0.4, -0.2) is 36.0 Å². The molecule has 1 rings (SSSR count). The van der Waals surface area contributed by atoms with Gasteiger partial charge in [-0.3, -0.25) is 5.41 Å². The van der Waals surface area contributed by atoms with Gasteiger partial charge in [0.15, 0.2) is 0 Å². The molecule has 0 aromatic heterocycles. The van der Waals surface area contributed by atoms with Crippen LogP contribution in [-0.2, 0) is 0 Å². The summed E-state index contributed by atoms with van der Waals surface area (Å²) >= 11 is 0. The molecule has 6 N–H and O–H groups in total. The van der Waals surface area contributed by atoms with Crippen LogP contribution >= 0.6 is 0 Å². The molecule has 0 atom stereocenters. The molecule has 0 aliphatic carbocycles. The Morgan fingerprint density at radius 2 is 1.68 bits per heavy atom. The lowest BCUT2D eigenvalue weighted by Crippen LogP contribution is -2.36. The monoisotopic (exact) mass is 270 g/mol. The van der Waals surface area contributed by atoms with Gasteiger partial charge in [0.1, 0.15) is 12.1 Å². The lowest BCUT2D eigenvalue weighted by Gasteiger charge is -2.31. The van der Waals surface area contributed by atoms with Gasteiger partial charge in [-0.1, -0.05) is 20.8 Å². The molecule has 0 bridgehead atoms. The molecule has 0 saturated carbocycles. The van der Waals surface area contributed by atoms with Gasteiger partial charge < -0.3 is 21.5 Å². The second kappa shape index (κ2) is 13.0. The highest BCUT2D eigenvalue weighted by Gasteiger charge is 2.16. The van der Waals surface area contributed by atoms with Crippen molar-refractivity contribution in [3.05, 3.63) is 24.1 Å². The first-order chi connectivity index (χ1) is 9.13. The van der Waals surface area contributed by atoms with Gasteiger partial charge in [-0.2, -0.15) is 0 Å². The predicted molar refractivity (Wildman–Crippen MR) is 83.2 cm³/mol. The number of aliphatic hydroxyl groups is 1. The van der Waals surface area contributed by atoms with Crippen molar-refractivity contribution in [3.8, 4) is 0 Å². The van der Waals surface area contributed by atoms with Crippen molar-refractivity contribution >= 4 is 5.84 Å². The molecular formula is C14H30N4O. The van der Waals surface area contributed by atoms with Crippen molar-refractivity contribution in [2.24, 2.45) is 17.4 Å². The molecule has 1 aliphatic heterocycles. The van der Waals surface area contributed by atoms with Crippen LogP contribution in [0, 0.1) is 11.3 Å². The summed E-state index contributed by atoms with van der Waals surface area (Å²) in [6.45, 7) is 8.11. The quantitative estimate of drug-likeness (QED) is 0.267. The lowest BCUT2D eigenvalue weighted by atomic mass is 9.99. The maximum absolute atomic E-state index is 8.57. The number of nitrogens with one attached hydrogen (secondary N) is 1. The third-order valence-electron chi connectivity index (χ3n) is 2.71. The number of piperidine rings is 1. The topological polar surface area (TPSA) is 99.4 Å². The van der Waals surface area contributed by atoms with Gasteiger partial charge in [-0.15, -0.1) is 0 Å². The summed E-state index contributed by atoms with van der Waals surface area (Å²) in [7, 11) is 1.50. The summed E-state index contributed by atoms with van der Waals surface area (Å²) in [5, 5.41) is 16.4. The van der Waals surface area contributed by atoms with Crippen molar-refractivity contribution in [1.82, 2.24) is 4.90 Å². The van der Waals surface area contributed by atoms with E-state index in [0.717, 1.165) is 38.1 Å². The Hall–Kier alpha value is -1.49. The zero-order valence-corrected chi connectivity index (χ0v) is 12.7. The van der Waals surface area contributed by atoms with Crippen LogP contribution in [0.1, 0.15) is 33.6 Å². The summed E-state index contributed by atoms with van der Waals surface area (Å²) in [5.41, 5.74) is 10.2. The summed E-state index contributed by atoms with van der Waals surface area (Å²) in [6, 6.07) is 0. The van der Waals surface area contributed by atoms with E-state index < -0.39 is 0 Å². The van der Waals surface area contributed by atoms with E-state index in [1.54, 1.807) is 12.2 Å². The average Bonchev–Trinajstić information content (AvgIpc) is 2.49. The first-order valence-corrected chi connectivity index (χ1v) is 6.82. The van der Waals surface area contributed by atoms with Crippen LogP contribution in [0.3, 0.4) is 0 Å². The molecule has 0 radical (unpaired) electrons. The molecule has 19 heavy (non-hydrogen) atoms. The molecule has 5 heteroatoms. The SMILES string of the molecule is CC.CC1CCN(C(=N)/C=C\C(N)=C/O)CC1.CN. The third kappa shape index (κ3) is 9.13. The second-order valence-electron chi connectivity index (χ2n) is 4.02. The second-order valence-corrected chi connectivity index (χ2v) is 4.02. The molecule has 112 valence electrons. The largest absolute Gasteiger partial charge is 0.513 e. The predicted octanol–water partition coefficient (Wildman–Crippen LogP) is 2.21. The van der Waals surface area contributed by atoms with Crippen LogP contribution in [0.4, 0.5) is 0 Å². The van der Waals surface area contributed by atoms with Crippen LogP contribution in [0.2, 0.25) is 0 Å². The van der Waals surface area contributed by atoms with E-state index in [4.69, 9.17) is 16.2 Å². The van der Waals surface area contributed by atoms with Gasteiger partial charge in [0.05, 0.1) is 5.70 Å². The van der Waals surface area contributed by atoms with Gasteiger partial charge in [0.25, 0.3) is 0 Å². The maximum atomic E-state index is 8.57. The minimum absolute atomic E-state index is 0.269. The molecule has 1 aliphatic rings. The van der Waals surface area contributed by atoms with Gasteiger partial charge in [-0.05, 0) is 38.0 Å². The van der Waals surface area contributed by atoms with E-state index in [1.807, 2.05) is 18.7 Å². The van der Waals surface area contributed by atoms with Crippen LogP contribution in [0.5, 0.6) is 0 Å². The number of nitrogens with zero attached hydrogens (tertiary/aromatic N) is 1. The number of allylic oxidation sites excluding steroid dienone is 1. The number of likely N-dealkylation sites (tertiary alicyclic amines) is 1. The normalized spacial score (nSPS) is 16.3. The highest BCUT2D eigenvalue weighted by atomic mass is 16.2. The molecule has 0 amide bonds.